The maximum absolute atomic E-state index is 12.4. The van der Waals surface area contributed by atoms with E-state index in [1.165, 1.54) is 0 Å². The van der Waals surface area contributed by atoms with E-state index in [1.54, 1.807) is 0 Å². The van der Waals surface area contributed by atoms with Crippen molar-refractivity contribution in [2.75, 3.05) is 13.2 Å². The molecule has 1 aliphatic carbocycles. The van der Waals surface area contributed by atoms with Crippen molar-refractivity contribution in [2.45, 2.75) is 42.6 Å². The molecule has 2 rings (SSSR count). The molecule has 2 atom stereocenters. The molecule has 90 valence electrons. The smallest absolute Gasteiger partial charge is 0.157 e. The van der Waals surface area contributed by atoms with Crippen LogP contribution in [0.5, 0.6) is 0 Å². The van der Waals surface area contributed by atoms with Gasteiger partial charge in [0.25, 0.3) is 0 Å². The number of ether oxygens (including phenoxy) is 1. The van der Waals surface area contributed by atoms with Gasteiger partial charge in [0, 0.05) is 13.2 Å². The Hall–Kier alpha value is -0.600. The monoisotopic (exact) mass is 243 g/mol. The Morgan fingerprint density at radius 3 is 2.44 bits per heavy atom. The Morgan fingerprint density at radius 2 is 1.81 bits per heavy atom. The lowest BCUT2D eigenvalue weighted by atomic mass is 10.1. The zero-order valence-electron chi connectivity index (χ0n) is 9.26. The normalized spacial score (nSPS) is 32.4. The predicted molar refractivity (Wildman–Crippen MR) is 59.5 cm³/mol. The summed E-state index contributed by atoms with van der Waals surface area (Å²) >= 11 is 0. The van der Waals surface area contributed by atoms with Crippen molar-refractivity contribution in [2.24, 2.45) is 5.92 Å². The highest BCUT2D eigenvalue weighted by molar-refractivity contribution is 7.92. The minimum absolute atomic E-state index is 0.278. The lowest BCUT2D eigenvalue weighted by Gasteiger charge is -2.26. The Bertz CT molecular complexity index is 379. The molecule has 1 saturated carbocycles. The van der Waals surface area contributed by atoms with Gasteiger partial charge < -0.3 is 4.74 Å². The molecular weight excluding hydrogens is 226 g/mol. The second kappa shape index (κ2) is 4.72. The molecule has 0 spiro atoms. The molecule has 0 radical (unpaired) electrons. The lowest BCUT2D eigenvalue weighted by Crippen LogP contribution is -2.37. The van der Waals surface area contributed by atoms with Gasteiger partial charge in [0.1, 0.15) is 0 Å². The quantitative estimate of drug-likeness (QED) is 0.732. The number of sulfone groups is 1. The van der Waals surface area contributed by atoms with Gasteiger partial charge in [0.2, 0.25) is 0 Å². The zero-order chi connectivity index (χ0) is 11.6. The first kappa shape index (κ1) is 11.9. The molecule has 0 bridgehead atoms. The van der Waals surface area contributed by atoms with E-state index in [2.05, 4.69) is 6.07 Å². The van der Waals surface area contributed by atoms with Crippen LogP contribution in [0, 0.1) is 17.2 Å². The Labute approximate surface area is 96.5 Å². The number of nitriles is 1. The fraction of sp³-hybridized carbons (Fsp3) is 0.909. The third-order valence-corrected chi connectivity index (χ3v) is 6.48. The second-order valence-corrected chi connectivity index (χ2v) is 7.06. The Kier molecular flexibility index (Phi) is 3.50. The summed E-state index contributed by atoms with van der Waals surface area (Å²) in [7, 11) is -3.13. The van der Waals surface area contributed by atoms with Gasteiger partial charge in [-0.1, -0.05) is 6.42 Å². The Morgan fingerprint density at radius 1 is 1.12 bits per heavy atom. The highest BCUT2D eigenvalue weighted by Crippen LogP contribution is 2.34. The first-order valence-electron chi connectivity index (χ1n) is 5.86. The van der Waals surface area contributed by atoms with E-state index in [9.17, 15) is 8.42 Å². The van der Waals surface area contributed by atoms with Crippen molar-refractivity contribution < 1.29 is 13.2 Å². The van der Waals surface area contributed by atoms with Crippen LogP contribution in [-0.2, 0) is 14.6 Å². The topological polar surface area (TPSA) is 67.2 Å². The van der Waals surface area contributed by atoms with Gasteiger partial charge in [-0.05, 0) is 25.7 Å². The lowest BCUT2D eigenvalue weighted by molar-refractivity contribution is 0.0981. The summed E-state index contributed by atoms with van der Waals surface area (Å²) in [5, 5.41) is 8.27. The van der Waals surface area contributed by atoms with Crippen LogP contribution < -0.4 is 0 Å². The predicted octanol–water partition coefficient (Wildman–Crippen LogP) is 1.27. The summed E-state index contributed by atoms with van der Waals surface area (Å²) in [6, 6.07) is 2.15. The van der Waals surface area contributed by atoms with E-state index in [0.29, 0.717) is 32.5 Å². The van der Waals surface area contributed by atoms with Crippen molar-refractivity contribution in [3.63, 3.8) is 0 Å². The molecular formula is C11H17NO3S. The van der Waals surface area contributed by atoms with Crippen LogP contribution in [0.25, 0.3) is 0 Å². The van der Waals surface area contributed by atoms with E-state index >= 15 is 0 Å². The molecule has 0 aromatic rings. The summed E-state index contributed by atoms with van der Waals surface area (Å²) in [6.45, 7) is 1.07. The average molecular weight is 243 g/mol. The van der Waals surface area contributed by atoms with Crippen LogP contribution in [0.3, 0.4) is 0 Å². The standard InChI is InChI=1S/C11H17NO3S/c12-8-9-2-1-3-11(9)16(13,14)10-4-6-15-7-5-10/h9-11H,1-7H2. The largest absolute Gasteiger partial charge is 0.381 e. The fourth-order valence-electron chi connectivity index (χ4n) is 2.72. The minimum atomic E-state index is -3.13. The van der Waals surface area contributed by atoms with Crippen molar-refractivity contribution in [3.05, 3.63) is 0 Å². The molecule has 16 heavy (non-hydrogen) atoms. The number of nitrogens with zero attached hydrogens (tertiary/aromatic N) is 1. The van der Waals surface area contributed by atoms with Crippen LogP contribution in [0.15, 0.2) is 0 Å². The summed E-state index contributed by atoms with van der Waals surface area (Å²) in [5.41, 5.74) is 0. The molecule has 1 saturated heterocycles. The summed E-state index contributed by atoms with van der Waals surface area (Å²) in [5.74, 6) is -0.284. The molecule has 5 heteroatoms. The van der Waals surface area contributed by atoms with Gasteiger partial charge in [-0.25, -0.2) is 8.42 Å². The van der Waals surface area contributed by atoms with E-state index < -0.39 is 15.1 Å². The third-order valence-electron chi connectivity index (χ3n) is 3.67. The first-order valence-corrected chi connectivity index (χ1v) is 7.47. The van der Waals surface area contributed by atoms with Crippen molar-refractivity contribution in [1.82, 2.24) is 0 Å². The molecule has 0 aromatic carbocycles. The van der Waals surface area contributed by atoms with Crippen molar-refractivity contribution in [3.8, 4) is 6.07 Å². The molecule has 4 nitrogen and oxygen atoms in total. The SMILES string of the molecule is N#CC1CCCC1S(=O)(=O)C1CCOCC1. The van der Waals surface area contributed by atoms with Crippen LogP contribution in [-0.4, -0.2) is 32.1 Å². The molecule has 0 aromatic heterocycles. The number of hydrogen-bond donors (Lipinski definition) is 0. The zero-order valence-corrected chi connectivity index (χ0v) is 10.1. The van der Waals surface area contributed by atoms with Gasteiger partial charge in [-0.15, -0.1) is 0 Å². The maximum Gasteiger partial charge on any atom is 0.157 e. The van der Waals surface area contributed by atoms with Gasteiger partial charge in [0.15, 0.2) is 9.84 Å². The Balaban J connectivity index is 2.14. The van der Waals surface area contributed by atoms with E-state index in [4.69, 9.17) is 10.00 Å². The first-order chi connectivity index (χ1) is 7.66. The van der Waals surface area contributed by atoms with Gasteiger partial charge in [-0.2, -0.15) is 5.26 Å². The summed E-state index contributed by atoms with van der Waals surface area (Å²) in [6.07, 6.45) is 3.46. The van der Waals surface area contributed by atoms with Crippen LogP contribution in [0.2, 0.25) is 0 Å². The molecule has 0 N–H and O–H groups in total. The van der Waals surface area contributed by atoms with E-state index in [-0.39, 0.29) is 11.2 Å². The van der Waals surface area contributed by atoms with Crippen molar-refractivity contribution >= 4 is 9.84 Å². The van der Waals surface area contributed by atoms with Crippen molar-refractivity contribution in [1.29, 1.82) is 5.26 Å². The summed E-state index contributed by atoms with van der Waals surface area (Å²) < 4.78 is 29.9. The molecule has 0 amide bonds. The highest BCUT2D eigenvalue weighted by Gasteiger charge is 2.42. The minimum Gasteiger partial charge on any atom is -0.381 e. The molecule has 2 unspecified atom stereocenters. The van der Waals surface area contributed by atoms with Gasteiger partial charge in [-0.3, -0.25) is 0 Å². The summed E-state index contributed by atoms with van der Waals surface area (Å²) in [4.78, 5) is 0. The average Bonchev–Trinajstić information content (AvgIpc) is 2.79. The molecule has 2 fully saturated rings. The van der Waals surface area contributed by atoms with E-state index in [0.717, 1.165) is 12.8 Å². The molecule has 2 aliphatic rings. The van der Waals surface area contributed by atoms with E-state index in [1.807, 2.05) is 0 Å². The third kappa shape index (κ3) is 2.09. The molecule has 1 heterocycles. The van der Waals surface area contributed by atoms with Gasteiger partial charge in [0.05, 0.1) is 22.5 Å². The van der Waals surface area contributed by atoms with Crippen LogP contribution in [0.4, 0.5) is 0 Å². The second-order valence-electron chi connectivity index (χ2n) is 4.61. The van der Waals surface area contributed by atoms with Crippen LogP contribution in [0.1, 0.15) is 32.1 Å². The number of hydrogen-bond acceptors (Lipinski definition) is 4. The maximum atomic E-state index is 12.4. The molecule has 1 aliphatic heterocycles. The highest BCUT2D eigenvalue weighted by atomic mass is 32.2. The van der Waals surface area contributed by atoms with Crippen LogP contribution >= 0.6 is 0 Å². The number of rotatable bonds is 2. The van der Waals surface area contributed by atoms with Gasteiger partial charge >= 0.3 is 0 Å². The fourth-order valence-corrected chi connectivity index (χ4v) is 5.21.